The Labute approximate surface area is 92.3 Å². The monoisotopic (exact) mass is 227 g/mol. The molecule has 1 unspecified atom stereocenters. The van der Waals surface area contributed by atoms with Crippen molar-refractivity contribution in [2.75, 3.05) is 6.61 Å². The van der Waals surface area contributed by atoms with Crippen molar-refractivity contribution in [2.45, 2.75) is 24.1 Å². The molecule has 4 nitrogen and oxygen atoms in total. The number of aliphatic hydroxyl groups excluding tert-OH is 1. The molecule has 1 aromatic heterocycles. The highest BCUT2D eigenvalue weighted by atomic mass is 32.2. The van der Waals surface area contributed by atoms with Gasteiger partial charge in [0, 0.05) is 10.9 Å². The van der Waals surface area contributed by atoms with Gasteiger partial charge in [-0.05, 0) is 19.1 Å². The van der Waals surface area contributed by atoms with Crippen LogP contribution >= 0.6 is 11.8 Å². The van der Waals surface area contributed by atoms with Crippen LogP contribution in [0.4, 0.5) is 0 Å². The molecule has 1 aromatic rings. The number of aliphatic hydroxyl groups is 1. The van der Waals surface area contributed by atoms with Crippen molar-refractivity contribution in [2.24, 2.45) is 0 Å². The molecule has 0 aliphatic rings. The zero-order valence-electron chi connectivity index (χ0n) is 8.60. The fraction of sp³-hybridized carbons (Fsp3) is 0.400. The van der Waals surface area contributed by atoms with Gasteiger partial charge < -0.3 is 10.2 Å². The smallest absolute Gasteiger partial charge is 0.335 e. The SMILES string of the molecule is Cc1cc(C(=O)O)cc(SC(C)CO)n1. The Hall–Kier alpha value is -1.07. The number of pyridine rings is 1. The lowest BCUT2D eigenvalue weighted by Crippen LogP contribution is -2.04. The van der Waals surface area contributed by atoms with Gasteiger partial charge >= 0.3 is 5.97 Å². The molecule has 1 atom stereocenters. The molecule has 0 radical (unpaired) electrons. The Balaban J connectivity index is 2.93. The number of hydrogen-bond acceptors (Lipinski definition) is 4. The minimum atomic E-state index is -0.959. The molecule has 0 spiro atoms. The summed E-state index contributed by atoms with van der Waals surface area (Å²) in [6.07, 6.45) is 0. The summed E-state index contributed by atoms with van der Waals surface area (Å²) in [5, 5.41) is 18.4. The molecule has 0 bridgehead atoms. The summed E-state index contributed by atoms with van der Waals surface area (Å²) in [6, 6.07) is 3.04. The molecule has 0 aliphatic heterocycles. The van der Waals surface area contributed by atoms with E-state index in [2.05, 4.69) is 4.98 Å². The van der Waals surface area contributed by atoms with Crippen LogP contribution in [0.3, 0.4) is 0 Å². The van der Waals surface area contributed by atoms with Crippen LogP contribution in [0.5, 0.6) is 0 Å². The van der Waals surface area contributed by atoms with E-state index >= 15 is 0 Å². The van der Waals surface area contributed by atoms with Crippen LogP contribution in [0.25, 0.3) is 0 Å². The molecule has 0 saturated heterocycles. The summed E-state index contributed by atoms with van der Waals surface area (Å²) in [5.74, 6) is -0.959. The number of hydrogen-bond donors (Lipinski definition) is 2. The van der Waals surface area contributed by atoms with Crippen LogP contribution in [0, 0.1) is 6.92 Å². The Morgan fingerprint density at radius 1 is 1.60 bits per heavy atom. The maximum Gasteiger partial charge on any atom is 0.335 e. The lowest BCUT2D eigenvalue weighted by molar-refractivity contribution is 0.0696. The van der Waals surface area contributed by atoms with Crippen molar-refractivity contribution in [1.82, 2.24) is 4.98 Å². The van der Waals surface area contributed by atoms with E-state index in [1.54, 1.807) is 6.92 Å². The van der Waals surface area contributed by atoms with Crippen LogP contribution in [0.2, 0.25) is 0 Å². The van der Waals surface area contributed by atoms with E-state index in [0.717, 1.165) is 0 Å². The van der Waals surface area contributed by atoms with Crippen LogP contribution < -0.4 is 0 Å². The average Bonchev–Trinajstić information content (AvgIpc) is 2.16. The molecule has 15 heavy (non-hydrogen) atoms. The maximum absolute atomic E-state index is 10.8. The first-order valence-corrected chi connectivity index (χ1v) is 5.40. The molecule has 0 fully saturated rings. The van der Waals surface area contributed by atoms with Crippen LogP contribution in [0.1, 0.15) is 23.0 Å². The number of carboxylic acids is 1. The molecule has 0 aromatic carbocycles. The molecule has 82 valence electrons. The zero-order chi connectivity index (χ0) is 11.4. The van der Waals surface area contributed by atoms with E-state index in [0.29, 0.717) is 10.7 Å². The van der Waals surface area contributed by atoms with Crippen LogP contribution in [-0.4, -0.2) is 33.0 Å². The normalized spacial score (nSPS) is 12.5. The van der Waals surface area contributed by atoms with Gasteiger partial charge in [-0.25, -0.2) is 9.78 Å². The van der Waals surface area contributed by atoms with Crippen molar-refractivity contribution < 1.29 is 15.0 Å². The molecule has 0 saturated carbocycles. The van der Waals surface area contributed by atoms with Gasteiger partial charge in [-0.15, -0.1) is 11.8 Å². The average molecular weight is 227 g/mol. The highest BCUT2D eigenvalue weighted by Gasteiger charge is 2.09. The number of nitrogens with zero attached hydrogens (tertiary/aromatic N) is 1. The molecule has 0 amide bonds. The van der Waals surface area contributed by atoms with Crippen molar-refractivity contribution in [3.63, 3.8) is 0 Å². The number of carboxylic acid groups (broad SMARTS) is 1. The third-order valence-corrected chi connectivity index (χ3v) is 2.76. The molecule has 0 aliphatic carbocycles. The topological polar surface area (TPSA) is 70.4 Å². The molecular weight excluding hydrogens is 214 g/mol. The van der Waals surface area contributed by atoms with Crippen molar-refractivity contribution in [1.29, 1.82) is 0 Å². The van der Waals surface area contributed by atoms with Gasteiger partial charge in [-0.2, -0.15) is 0 Å². The fourth-order valence-electron chi connectivity index (χ4n) is 1.07. The lowest BCUT2D eigenvalue weighted by atomic mass is 10.2. The number of aromatic nitrogens is 1. The third kappa shape index (κ3) is 3.53. The number of aryl methyl sites for hydroxylation is 1. The second-order valence-corrected chi connectivity index (χ2v) is 4.71. The molecule has 5 heteroatoms. The summed E-state index contributed by atoms with van der Waals surface area (Å²) >= 11 is 1.36. The van der Waals surface area contributed by atoms with Crippen LogP contribution in [0.15, 0.2) is 17.2 Å². The quantitative estimate of drug-likeness (QED) is 0.764. The first kappa shape index (κ1) is 12.0. The minimum Gasteiger partial charge on any atom is -0.478 e. The molecule has 1 rings (SSSR count). The minimum absolute atomic E-state index is 0.0148. The standard InChI is InChI=1S/C10H13NO3S/c1-6-3-8(10(13)14)4-9(11-6)15-7(2)5-12/h3-4,7,12H,5H2,1-2H3,(H,13,14). The predicted octanol–water partition coefficient (Wildman–Crippen LogP) is 1.56. The van der Waals surface area contributed by atoms with Gasteiger partial charge in [0.05, 0.1) is 17.2 Å². The first-order chi connectivity index (χ1) is 7.02. The zero-order valence-corrected chi connectivity index (χ0v) is 9.41. The highest BCUT2D eigenvalue weighted by molar-refractivity contribution is 7.99. The second kappa shape index (κ2) is 5.14. The largest absolute Gasteiger partial charge is 0.478 e. The molecular formula is C10H13NO3S. The van der Waals surface area contributed by atoms with Gasteiger partial charge in [-0.3, -0.25) is 0 Å². The fourth-order valence-corrected chi connectivity index (χ4v) is 1.94. The van der Waals surface area contributed by atoms with E-state index in [-0.39, 0.29) is 17.4 Å². The summed E-state index contributed by atoms with van der Waals surface area (Å²) in [5.41, 5.74) is 0.901. The highest BCUT2D eigenvalue weighted by Crippen LogP contribution is 2.22. The number of carbonyl (C=O) groups is 1. The molecule has 2 N–H and O–H groups in total. The van der Waals surface area contributed by atoms with E-state index in [9.17, 15) is 4.79 Å². The van der Waals surface area contributed by atoms with Gasteiger partial charge in [0.2, 0.25) is 0 Å². The number of aromatic carboxylic acids is 1. The van der Waals surface area contributed by atoms with Crippen molar-refractivity contribution in [3.05, 3.63) is 23.4 Å². The van der Waals surface area contributed by atoms with Crippen LogP contribution in [-0.2, 0) is 0 Å². The van der Waals surface area contributed by atoms with Crippen molar-refractivity contribution in [3.8, 4) is 0 Å². The maximum atomic E-state index is 10.8. The Morgan fingerprint density at radius 2 is 2.27 bits per heavy atom. The lowest BCUT2D eigenvalue weighted by Gasteiger charge is -2.08. The summed E-state index contributed by atoms with van der Waals surface area (Å²) in [7, 11) is 0. The van der Waals surface area contributed by atoms with Gasteiger partial charge in [-0.1, -0.05) is 6.92 Å². The number of thioether (sulfide) groups is 1. The summed E-state index contributed by atoms with van der Waals surface area (Å²) < 4.78 is 0. The third-order valence-electron chi connectivity index (χ3n) is 1.76. The van der Waals surface area contributed by atoms with Gasteiger partial charge in [0.25, 0.3) is 0 Å². The second-order valence-electron chi connectivity index (χ2n) is 3.25. The Morgan fingerprint density at radius 3 is 2.80 bits per heavy atom. The van der Waals surface area contributed by atoms with E-state index < -0.39 is 5.97 Å². The van der Waals surface area contributed by atoms with Crippen molar-refractivity contribution >= 4 is 17.7 Å². The van der Waals surface area contributed by atoms with E-state index in [1.165, 1.54) is 23.9 Å². The van der Waals surface area contributed by atoms with E-state index in [4.69, 9.17) is 10.2 Å². The van der Waals surface area contributed by atoms with E-state index in [1.807, 2.05) is 6.92 Å². The summed E-state index contributed by atoms with van der Waals surface area (Å²) in [6.45, 7) is 3.65. The number of rotatable bonds is 4. The summed E-state index contributed by atoms with van der Waals surface area (Å²) in [4.78, 5) is 15.0. The first-order valence-electron chi connectivity index (χ1n) is 4.52. The Bertz CT molecular complexity index is 368. The predicted molar refractivity (Wildman–Crippen MR) is 58.3 cm³/mol. The Kier molecular flexibility index (Phi) is 4.11. The van der Waals surface area contributed by atoms with Gasteiger partial charge in [0.15, 0.2) is 0 Å². The molecule has 1 heterocycles. The van der Waals surface area contributed by atoms with Gasteiger partial charge in [0.1, 0.15) is 0 Å².